The molecule has 0 aromatic heterocycles. The van der Waals surface area contributed by atoms with E-state index in [2.05, 4.69) is 0 Å². The van der Waals surface area contributed by atoms with Crippen LogP contribution in [0.2, 0.25) is 0 Å². The molecule has 0 spiro atoms. The minimum atomic E-state index is -0.625. The molecule has 0 unspecified atom stereocenters. The van der Waals surface area contributed by atoms with Crippen LogP contribution in [0.25, 0.3) is 0 Å². The molecule has 0 saturated carbocycles. The van der Waals surface area contributed by atoms with Crippen molar-refractivity contribution in [1.82, 2.24) is 0 Å². The molecule has 0 aliphatic rings. The monoisotopic (exact) mass is 277 g/mol. The third-order valence-electron chi connectivity index (χ3n) is 2.77. The minimum Gasteiger partial charge on any atom is -0.450 e. The summed E-state index contributed by atoms with van der Waals surface area (Å²) in [4.78, 5) is 10.4. The van der Waals surface area contributed by atoms with Gasteiger partial charge in [0, 0.05) is 6.07 Å². The number of hydrogen-bond acceptors (Lipinski definition) is 4. The second-order valence-electron chi connectivity index (χ2n) is 4.20. The highest BCUT2D eigenvalue weighted by Crippen LogP contribution is 2.34. The second-order valence-corrected chi connectivity index (χ2v) is 4.20. The van der Waals surface area contributed by atoms with E-state index in [0.29, 0.717) is 0 Å². The van der Waals surface area contributed by atoms with Crippen LogP contribution >= 0.6 is 0 Å². The Morgan fingerprint density at radius 1 is 1.30 bits per heavy atom. The number of halogens is 1. The van der Waals surface area contributed by atoms with Crippen molar-refractivity contribution in [1.29, 1.82) is 0 Å². The Balaban J connectivity index is 2.47. The number of aliphatic hydroxyl groups excluding tert-OH is 1. The lowest BCUT2D eigenvalue weighted by atomic mass is 10.2. The van der Waals surface area contributed by atoms with Gasteiger partial charge in [-0.15, -0.1) is 0 Å². The van der Waals surface area contributed by atoms with E-state index in [1.807, 2.05) is 0 Å². The van der Waals surface area contributed by atoms with Gasteiger partial charge in [0.2, 0.25) is 5.75 Å². The van der Waals surface area contributed by atoms with Gasteiger partial charge in [-0.3, -0.25) is 10.1 Å². The predicted octanol–water partition coefficient (Wildman–Crippen LogP) is 3.33. The summed E-state index contributed by atoms with van der Waals surface area (Å²) in [6, 6.07) is 8.44. The molecule has 0 radical (unpaired) electrons. The molecule has 2 aromatic carbocycles. The third kappa shape index (κ3) is 2.75. The van der Waals surface area contributed by atoms with E-state index in [9.17, 15) is 14.5 Å². The van der Waals surface area contributed by atoms with Gasteiger partial charge in [-0.05, 0) is 30.7 Å². The van der Waals surface area contributed by atoms with Crippen molar-refractivity contribution < 1.29 is 19.2 Å². The van der Waals surface area contributed by atoms with Crippen LogP contribution in [0.4, 0.5) is 10.1 Å². The quantitative estimate of drug-likeness (QED) is 0.687. The third-order valence-corrected chi connectivity index (χ3v) is 2.77. The van der Waals surface area contributed by atoms with Crippen molar-refractivity contribution in [3.05, 3.63) is 63.5 Å². The van der Waals surface area contributed by atoms with Gasteiger partial charge in [-0.1, -0.05) is 12.1 Å². The molecule has 0 saturated heterocycles. The van der Waals surface area contributed by atoms with E-state index >= 15 is 0 Å². The zero-order valence-electron chi connectivity index (χ0n) is 10.7. The maximum absolute atomic E-state index is 13.5. The summed E-state index contributed by atoms with van der Waals surface area (Å²) in [7, 11) is 0. The smallest absolute Gasteiger partial charge is 0.311 e. The summed E-state index contributed by atoms with van der Waals surface area (Å²) >= 11 is 0. The summed E-state index contributed by atoms with van der Waals surface area (Å²) < 4.78 is 18.9. The van der Waals surface area contributed by atoms with Crippen LogP contribution in [0.1, 0.15) is 11.1 Å². The van der Waals surface area contributed by atoms with Gasteiger partial charge in [-0.2, -0.15) is 0 Å². The summed E-state index contributed by atoms with van der Waals surface area (Å²) in [5, 5.41) is 20.1. The standard InChI is InChI=1S/C14H12FNO4/c1-9-5-6-12(16(18)19)14(7-9)20-13-4-2-3-11(15)10(13)8-17/h2-7,17H,8H2,1H3. The fourth-order valence-electron chi connectivity index (χ4n) is 1.76. The summed E-state index contributed by atoms with van der Waals surface area (Å²) in [5.74, 6) is -0.559. The van der Waals surface area contributed by atoms with Gasteiger partial charge in [0.05, 0.1) is 17.1 Å². The van der Waals surface area contributed by atoms with Crippen LogP contribution in [0.15, 0.2) is 36.4 Å². The van der Waals surface area contributed by atoms with Gasteiger partial charge in [0.15, 0.2) is 0 Å². The Bertz CT molecular complexity index is 658. The fourth-order valence-corrected chi connectivity index (χ4v) is 1.76. The van der Waals surface area contributed by atoms with Crippen LogP contribution in [0.5, 0.6) is 11.5 Å². The Hall–Kier alpha value is -2.47. The van der Waals surface area contributed by atoms with Crippen molar-refractivity contribution in [2.45, 2.75) is 13.5 Å². The molecule has 1 N–H and O–H groups in total. The van der Waals surface area contributed by atoms with Crippen molar-refractivity contribution in [2.75, 3.05) is 0 Å². The normalized spacial score (nSPS) is 10.3. The predicted molar refractivity (Wildman–Crippen MR) is 70.2 cm³/mol. The number of nitro benzene ring substituents is 1. The molecule has 2 aromatic rings. The first-order valence-electron chi connectivity index (χ1n) is 5.84. The average molecular weight is 277 g/mol. The minimum absolute atomic E-state index is 0.00954. The number of aliphatic hydroxyl groups is 1. The van der Waals surface area contributed by atoms with E-state index in [1.165, 1.54) is 30.3 Å². The Labute approximate surface area is 114 Å². The van der Waals surface area contributed by atoms with E-state index < -0.39 is 17.3 Å². The molecule has 0 heterocycles. The van der Waals surface area contributed by atoms with Gasteiger partial charge in [0.25, 0.3) is 0 Å². The van der Waals surface area contributed by atoms with E-state index in [0.717, 1.165) is 5.56 Å². The van der Waals surface area contributed by atoms with Crippen LogP contribution in [0, 0.1) is 22.9 Å². The lowest BCUT2D eigenvalue weighted by molar-refractivity contribution is -0.385. The molecule has 5 nitrogen and oxygen atoms in total. The van der Waals surface area contributed by atoms with E-state index in [-0.39, 0.29) is 22.7 Å². The molecule has 2 rings (SSSR count). The lowest BCUT2D eigenvalue weighted by Gasteiger charge is -2.11. The van der Waals surface area contributed by atoms with Crippen molar-refractivity contribution in [2.24, 2.45) is 0 Å². The number of rotatable bonds is 4. The highest BCUT2D eigenvalue weighted by molar-refractivity contribution is 5.51. The second kappa shape index (κ2) is 5.66. The van der Waals surface area contributed by atoms with Crippen molar-refractivity contribution in [3.63, 3.8) is 0 Å². The largest absolute Gasteiger partial charge is 0.450 e. The summed E-state index contributed by atoms with van der Waals surface area (Å²) in [5.41, 5.74) is 0.514. The molecular formula is C14H12FNO4. The number of benzene rings is 2. The molecule has 6 heteroatoms. The highest BCUT2D eigenvalue weighted by Gasteiger charge is 2.18. The number of nitro groups is 1. The summed E-state index contributed by atoms with van der Waals surface area (Å²) in [6.07, 6.45) is 0. The van der Waals surface area contributed by atoms with Gasteiger partial charge in [0.1, 0.15) is 11.6 Å². The number of nitrogens with zero attached hydrogens (tertiary/aromatic N) is 1. The van der Waals surface area contributed by atoms with Crippen LogP contribution in [-0.4, -0.2) is 10.0 Å². The van der Waals surface area contributed by atoms with Crippen molar-refractivity contribution >= 4 is 5.69 Å². The first-order valence-corrected chi connectivity index (χ1v) is 5.84. The molecule has 0 atom stereocenters. The maximum atomic E-state index is 13.5. The van der Waals surface area contributed by atoms with Crippen LogP contribution in [-0.2, 0) is 6.61 Å². The topological polar surface area (TPSA) is 72.6 Å². The van der Waals surface area contributed by atoms with Gasteiger partial charge in [-0.25, -0.2) is 4.39 Å². The Morgan fingerprint density at radius 2 is 2.05 bits per heavy atom. The van der Waals surface area contributed by atoms with Gasteiger partial charge >= 0.3 is 5.69 Å². The zero-order chi connectivity index (χ0) is 14.7. The lowest BCUT2D eigenvalue weighted by Crippen LogP contribution is -1.98. The molecule has 0 aliphatic heterocycles. The molecule has 20 heavy (non-hydrogen) atoms. The number of ether oxygens (including phenoxy) is 1. The zero-order valence-corrected chi connectivity index (χ0v) is 10.7. The first-order chi connectivity index (χ1) is 9.52. The molecule has 0 bridgehead atoms. The summed E-state index contributed by atoms with van der Waals surface area (Å²) in [6.45, 7) is 1.21. The molecular weight excluding hydrogens is 265 g/mol. The SMILES string of the molecule is Cc1ccc([N+](=O)[O-])c(Oc2cccc(F)c2CO)c1. The average Bonchev–Trinajstić information content (AvgIpc) is 2.38. The fraction of sp³-hybridized carbons (Fsp3) is 0.143. The molecule has 0 aliphatic carbocycles. The Morgan fingerprint density at radius 3 is 2.70 bits per heavy atom. The molecule has 0 fully saturated rings. The molecule has 0 amide bonds. The van der Waals surface area contributed by atoms with Crippen LogP contribution in [0.3, 0.4) is 0 Å². The number of hydrogen-bond donors (Lipinski definition) is 1. The first kappa shape index (κ1) is 14.0. The number of aryl methyl sites for hydroxylation is 1. The Kier molecular flexibility index (Phi) is 3.95. The van der Waals surface area contributed by atoms with Crippen LogP contribution < -0.4 is 4.74 Å². The van der Waals surface area contributed by atoms with E-state index in [1.54, 1.807) is 13.0 Å². The highest BCUT2D eigenvalue weighted by atomic mass is 19.1. The van der Waals surface area contributed by atoms with Gasteiger partial charge < -0.3 is 9.84 Å². The van der Waals surface area contributed by atoms with E-state index in [4.69, 9.17) is 9.84 Å². The van der Waals surface area contributed by atoms with Crippen molar-refractivity contribution in [3.8, 4) is 11.5 Å². The molecule has 104 valence electrons. The maximum Gasteiger partial charge on any atom is 0.311 e.